The Bertz CT molecular complexity index is 973. The number of H-pyrrole nitrogens is 1. The van der Waals surface area contributed by atoms with E-state index in [-0.39, 0.29) is 11.2 Å². The quantitative estimate of drug-likeness (QED) is 0.722. The van der Waals surface area contributed by atoms with Gasteiger partial charge in [-0.15, -0.1) is 0 Å². The van der Waals surface area contributed by atoms with Gasteiger partial charge in [0.25, 0.3) is 5.56 Å². The van der Waals surface area contributed by atoms with Crippen molar-refractivity contribution in [2.24, 2.45) is 7.05 Å². The van der Waals surface area contributed by atoms with Crippen LogP contribution in [0.1, 0.15) is 24.6 Å². The minimum Gasteiger partial charge on any atom is -0.295 e. The third-order valence-corrected chi connectivity index (χ3v) is 4.10. The summed E-state index contributed by atoms with van der Waals surface area (Å²) in [5.41, 5.74) is 2.22. The van der Waals surface area contributed by atoms with Crippen molar-refractivity contribution in [3.8, 4) is 0 Å². The molecule has 6 nitrogen and oxygen atoms in total. The molecule has 1 aromatic carbocycles. The lowest BCUT2D eigenvalue weighted by Gasteiger charge is -2.03. The van der Waals surface area contributed by atoms with Crippen molar-refractivity contribution in [2.75, 3.05) is 0 Å². The van der Waals surface area contributed by atoms with Crippen LogP contribution in [0.2, 0.25) is 0 Å². The van der Waals surface area contributed by atoms with Crippen LogP contribution in [0.3, 0.4) is 0 Å². The number of nitrogens with zero attached hydrogens (tertiary/aromatic N) is 3. The van der Waals surface area contributed by atoms with Crippen LogP contribution in [-0.4, -0.2) is 19.3 Å². The van der Waals surface area contributed by atoms with Gasteiger partial charge in [0.1, 0.15) is 0 Å². The highest BCUT2D eigenvalue weighted by atomic mass is 16.2. The Hall–Kier alpha value is -2.37. The zero-order valence-electron chi connectivity index (χ0n) is 11.3. The smallest absolute Gasteiger partial charge is 0.295 e. The van der Waals surface area contributed by atoms with Gasteiger partial charge in [0.05, 0.1) is 22.1 Å². The first-order valence-corrected chi connectivity index (χ1v) is 6.68. The van der Waals surface area contributed by atoms with E-state index >= 15 is 0 Å². The highest BCUT2D eigenvalue weighted by Crippen LogP contribution is 2.36. The second-order valence-corrected chi connectivity index (χ2v) is 5.47. The Morgan fingerprint density at radius 3 is 2.60 bits per heavy atom. The number of aryl methyl sites for hydroxylation is 2. The predicted molar refractivity (Wildman–Crippen MR) is 76.1 cm³/mol. The first-order valence-electron chi connectivity index (χ1n) is 6.68. The van der Waals surface area contributed by atoms with Gasteiger partial charge in [0, 0.05) is 18.5 Å². The molecule has 0 unspecified atom stereocenters. The van der Waals surface area contributed by atoms with Gasteiger partial charge in [-0.25, -0.2) is 9.89 Å². The van der Waals surface area contributed by atoms with Crippen LogP contribution >= 0.6 is 0 Å². The van der Waals surface area contributed by atoms with Crippen LogP contribution in [0.4, 0.5) is 0 Å². The molecule has 4 rings (SSSR count). The first kappa shape index (κ1) is 11.5. The molecule has 0 atom stereocenters. The molecule has 0 aliphatic heterocycles. The molecule has 0 spiro atoms. The minimum atomic E-state index is -0.223. The molecular weight excluding hydrogens is 256 g/mol. The van der Waals surface area contributed by atoms with E-state index in [1.54, 1.807) is 17.7 Å². The number of rotatable bonds is 1. The Balaban J connectivity index is 2.26. The maximum Gasteiger partial charge on any atom is 0.329 e. The van der Waals surface area contributed by atoms with Crippen LogP contribution in [0.5, 0.6) is 0 Å². The second-order valence-electron chi connectivity index (χ2n) is 5.47. The number of nitrogens with one attached hydrogen (secondary N) is 1. The summed E-state index contributed by atoms with van der Waals surface area (Å²) in [4.78, 5) is 24.3. The number of hydrogen-bond donors (Lipinski definition) is 1. The molecule has 1 saturated carbocycles. The molecule has 1 fully saturated rings. The standard InChI is InChI=1S/C14H14N4O2/c1-7-9-5-12-11(6-10(9)13(19)16-15-7)17(2)14(20)18(12)8-3-4-8/h5-6,8H,3-4H2,1-2H3,(H,16,19). The summed E-state index contributed by atoms with van der Waals surface area (Å²) in [6.45, 7) is 1.85. The van der Waals surface area contributed by atoms with Gasteiger partial charge in [-0.1, -0.05) is 0 Å². The third-order valence-electron chi connectivity index (χ3n) is 4.10. The molecule has 1 aliphatic carbocycles. The van der Waals surface area contributed by atoms with E-state index in [2.05, 4.69) is 10.2 Å². The molecule has 2 heterocycles. The molecule has 1 aliphatic rings. The van der Waals surface area contributed by atoms with E-state index in [9.17, 15) is 9.59 Å². The molecule has 20 heavy (non-hydrogen) atoms. The molecule has 0 radical (unpaired) electrons. The van der Waals surface area contributed by atoms with Crippen molar-refractivity contribution in [1.82, 2.24) is 19.3 Å². The third kappa shape index (κ3) is 1.36. The number of hydrogen-bond acceptors (Lipinski definition) is 3. The molecule has 0 bridgehead atoms. The molecule has 102 valence electrons. The van der Waals surface area contributed by atoms with Crippen molar-refractivity contribution in [3.63, 3.8) is 0 Å². The van der Waals surface area contributed by atoms with E-state index < -0.39 is 0 Å². The van der Waals surface area contributed by atoms with Crippen LogP contribution < -0.4 is 11.2 Å². The fraction of sp³-hybridized carbons (Fsp3) is 0.357. The zero-order chi connectivity index (χ0) is 14.0. The highest BCUT2D eigenvalue weighted by Gasteiger charge is 2.28. The predicted octanol–water partition coefficient (Wildman–Crippen LogP) is 1.22. The van der Waals surface area contributed by atoms with Crippen molar-refractivity contribution in [2.45, 2.75) is 25.8 Å². The highest BCUT2D eigenvalue weighted by molar-refractivity contribution is 5.96. The maximum atomic E-state index is 12.3. The van der Waals surface area contributed by atoms with Crippen LogP contribution in [0.15, 0.2) is 21.7 Å². The molecule has 6 heteroatoms. The summed E-state index contributed by atoms with van der Waals surface area (Å²) < 4.78 is 3.46. The van der Waals surface area contributed by atoms with Crippen LogP contribution in [-0.2, 0) is 7.05 Å². The average Bonchev–Trinajstić information content (AvgIpc) is 3.23. The number of fused-ring (bicyclic) bond motifs is 2. The number of imidazole rings is 1. The molecule has 3 aromatic rings. The van der Waals surface area contributed by atoms with E-state index in [1.165, 1.54) is 0 Å². The number of aromatic nitrogens is 4. The van der Waals surface area contributed by atoms with Crippen molar-refractivity contribution in [1.29, 1.82) is 0 Å². The van der Waals surface area contributed by atoms with Crippen molar-refractivity contribution < 1.29 is 0 Å². The monoisotopic (exact) mass is 270 g/mol. The molecule has 2 aromatic heterocycles. The normalized spacial score (nSPS) is 15.3. The Kier molecular flexibility index (Phi) is 2.06. The van der Waals surface area contributed by atoms with Gasteiger partial charge < -0.3 is 0 Å². The second kappa shape index (κ2) is 3.59. The molecule has 1 N–H and O–H groups in total. The fourth-order valence-corrected chi connectivity index (χ4v) is 2.83. The maximum absolute atomic E-state index is 12.3. The van der Waals surface area contributed by atoms with Gasteiger partial charge in [-0.05, 0) is 31.9 Å². The summed E-state index contributed by atoms with van der Waals surface area (Å²) in [7, 11) is 1.75. The van der Waals surface area contributed by atoms with Crippen LogP contribution in [0, 0.1) is 6.92 Å². The Labute approximate surface area is 113 Å². The Morgan fingerprint density at radius 2 is 1.90 bits per heavy atom. The van der Waals surface area contributed by atoms with E-state index in [1.807, 2.05) is 17.6 Å². The largest absolute Gasteiger partial charge is 0.329 e. The van der Waals surface area contributed by atoms with Crippen molar-refractivity contribution >= 4 is 21.8 Å². The lowest BCUT2D eigenvalue weighted by molar-refractivity contribution is 0.696. The molecular formula is C14H14N4O2. The number of aromatic amines is 1. The van der Waals surface area contributed by atoms with Gasteiger partial charge in [0.2, 0.25) is 0 Å². The molecule has 0 saturated heterocycles. The summed E-state index contributed by atoms with van der Waals surface area (Å²) in [5.74, 6) is 0. The topological polar surface area (TPSA) is 72.7 Å². The summed E-state index contributed by atoms with van der Waals surface area (Å²) in [6, 6.07) is 4.01. The summed E-state index contributed by atoms with van der Waals surface area (Å²) in [6.07, 6.45) is 2.09. The minimum absolute atomic E-state index is 0.0140. The summed E-state index contributed by atoms with van der Waals surface area (Å²) in [5, 5.41) is 7.87. The Morgan fingerprint density at radius 1 is 1.20 bits per heavy atom. The zero-order valence-corrected chi connectivity index (χ0v) is 11.3. The van der Waals surface area contributed by atoms with E-state index in [0.29, 0.717) is 11.4 Å². The first-order chi connectivity index (χ1) is 9.58. The summed E-state index contributed by atoms with van der Waals surface area (Å²) >= 11 is 0. The van der Waals surface area contributed by atoms with E-state index in [4.69, 9.17) is 0 Å². The van der Waals surface area contributed by atoms with Crippen molar-refractivity contribution in [3.05, 3.63) is 38.7 Å². The average molecular weight is 270 g/mol. The van der Waals surface area contributed by atoms with Gasteiger partial charge in [-0.2, -0.15) is 5.10 Å². The van der Waals surface area contributed by atoms with Gasteiger partial charge >= 0.3 is 5.69 Å². The SMILES string of the molecule is Cc1n[nH]c(=O)c2cc3c(cc12)n(C1CC1)c(=O)n3C. The lowest BCUT2D eigenvalue weighted by atomic mass is 10.1. The van der Waals surface area contributed by atoms with E-state index in [0.717, 1.165) is 35.0 Å². The lowest BCUT2D eigenvalue weighted by Crippen LogP contribution is -2.21. The molecule has 0 amide bonds. The fourth-order valence-electron chi connectivity index (χ4n) is 2.83. The van der Waals surface area contributed by atoms with Crippen LogP contribution in [0.25, 0.3) is 21.8 Å². The number of benzene rings is 1. The van der Waals surface area contributed by atoms with Gasteiger partial charge in [0.15, 0.2) is 0 Å². The van der Waals surface area contributed by atoms with Gasteiger partial charge in [-0.3, -0.25) is 13.9 Å².